The van der Waals surface area contributed by atoms with Crippen LogP contribution in [0, 0.1) is 20.8 Å². The number of ether oxygens (including phenoxy) is 1. The van der Waals surface area contributed by atoms with Gasteiger partial charge in [-0.1, -0.05) is 74.0 Å². The SMILES string of the molecule is CCOc1cc(C)c(-c2nc3ccccc3c(=O)n2N=Cc2c(C)n(Cc3cccc(C)c3)c3ccccc23)cc1C(C)C. The van der Waals surface area contributed by atoms with Crippen molar-refractivity contribution in [2.45, 2.75) is 54.0 Å². The molecular weight excluding hydrogens is 544 g/mol. The van der Waals surface area contributed by atoms with Gasteiger partial charge < -0.3 is 9.30 Å². The fraction of sp³-hybridized carbons (Fsp3) is 0.237. The highest BCUT2D eigenvalue weighted by atomic mass is 16.5. The maximum Gasteiger partial charge on any atom is 0.282 e. The minimum Gasteiger partial charge on any atom is -0.494 e. The third-order valence-electron chi connectivity index (χ3n) is 8.28. The smallest absolute Gasteiger partial charge is 0.282 e. The third kappa shape index (κ3) is 5.32. The Kier molecular flexibility index (Phi) is 7.92. The zero-order valence-electron chi connectivity index (χ0n) is 26.3. The summed E-state index contributed by atoms with van der Waals surface area (Å²) < 4.78 is 9.76. The third-order valence-corrected chi connectivity index (χ3v) is 8.28. The molecule has 6 rings (SSSR count). The van der Waals surface area contributed by atoms with E-state index in [4.69, 9.17) is 14.8 Å². The van der Waals surface area contributed by atoms with Crippen molar-refractivity contribution >= 4 is 28.0 Å². The van der Waals surface area contributed by atoms with Crippen LogP contribution in [0.2, 0.25) is 0 Å². The fourth-order valence-corrected chi connectivity index (χ4v) is 6.01. The quantitative estimate of drug-likeness (QED) is 0.169. The van der Waals surface area contributed by atoms with Crippen molar-refractivity contribution in [2.24, 2.45) is 5.10 Å². The molecule has 6 nitrogen and oxygen atoms in total. The van der Waals surface area contributed by atoms with E-state index in [1.54, 1.807) is 0 Å². The Morgan fingerprint density at radius 2 is 1.66 bits per heavy atom. The van der Waals surface area contributed by atoms with Gasteiger partial charge in [-0.05, 0) is 80.6 Å². The van der Waals surface area contributed by atoms with E-state index >= 15 is 0 Å². The number of para-hydroxylation sites is 2. The highest BCUT2D eigenvalue weighted by molar-refractivity contribution is 6.01. The maximum absolute atomic E-state index is 14.0. The number of benzene rings is 4. The van der Waals surface area contributed by atoms with E-state index < -0.39 is 0 Å². The molecule has 0 aliphatic heterocycles. The molecule has 6 heteroatoms. The van der Waals surface area contributed by atoms with Gasteiger partial charge in [0.1, 0.15) is 5.75 Å². The second kappa shape index (κ2) is 12.0. The largest absolute Gasteiger partial charge is 0.494 e. The van der Waals surface area contributed by atoms with Crippen molar-refractivity contribution < 1.29 is 4.74 Å². The van der Waals surface area contributed by atoms with E-state index in [1.807, 2.05) is 56.5 Å². The Labute approximate surface area is 258 Å². The minimum absolute atomic E-state index is 0.206. The zero-order valence-corrected chi connectivity index (χ0v) is 26.3. The summed E-state index contributed by atoms with van der Waals surface area (Å²) in [5, 5.41) is 6.51. The molecule has 0 amide bonds. The molecule has 2 aromatic heterocycles. The fourth-order valence-electron chi connectivity index (χ4n) is 6.01. The summed E-state index contributed by atoms with van der Waals surface area (Å²) in [6, 6.07) is 28.6. The van der Waals surface area contributed by atoms with Crippen molar-refractivity contribution in [3.8, 4) is 17.1 Å². The molecule has 0 fully saturated rings. The average molecular weight is 583 g/mol. The molecule has 6 aromatic rings. The Bertz CT molecular complexity index is 2100. The molecule has 0 aliphatic rings. The lowest BCUT2D eigenvalue weighted by Gasteiger charge is -2.18. The summed E-state index contributed by atoms with van der Waals surface area (Å²) >= 11 is 0. The van der Waals surface area contributed by atoms with Crippen molar-refractivity contribution in [2.75, 3.05) is 6.61 Å². The van der Waals surface area contributed by atoms with Crippen molar-refractivity contribution in [1.29, 1.82) is 0 Å². The summed E-state index contributed by atoms with van der Waals surface area (Å²) in [4.78, 5) is 19.1. The first kappa shape index (κ1) is 29.1. The molecule has 4 aromatic carbocycles. The van der Waals surface area contributed by atoms with Crippen LogP contribution >= 0.6 is 0 Å². The lowest BCUT2D eigenvalue weighted by molar-refractivity contribution is 0.335. The molecule has 0 atom stereocenters. The van der Waals surface area contributed by atoms with Gasteiger partial charge in [0, 0.05) is 34.3 Å². The van der Waals surface area contributed by atoms with Crippen LogP contribution in [0.3, 0.4) is 0 Å². The topological polar surface area (TPSA) is 61.4 Å². The van der Waals surface area contributed by atoms with Gasteiger partial charge in [-0.15, -0.1) is 0 Å². The number of aromatic nitrogens is 3. The highest BCUT2D eigenvalue weighted by Crippen LogP contribution is 2.34. The monoisotopic (exact) mass is 582 g/mol. The average Bonchev–Trinajstić information content (AvgIpc) is 3.27. The van der Waals surface area contributed by atoms with Crippen LogP contribution in [0.1, 0.15) is 60.2 Å². The van der Waals surface area contributed by atoms with E-state index in [9.17, 15) is 4.79 Å². The van der Waals surface area contributed by atoms with Crippen molar-refractivity contribution in [3.05, 3.63) is 129 Å². The standard InChI is InChI=1S/C38H38N4O2/c1-7-44-36-20-26(5)32(21-31(36)24(2)3)37-40-34-17-10-8-16-30(34)38(43)42(37)39-22-33-27(6)41(35-18-11-9-15-29(33)35)23-28-14-12-13-25(4)19-28/h8-22,24H,7,23H2,1-6H3. The predicted molar refractivity (Wildman–Crippen MR) is 181 cm³/mol. The molecule has 2 heterocycles. The molecule has 222 valence electrons. The maximum atomic E-state index is 14.0. The second-order valence-corrected chi connectivity index (χ2v) is 11.7. The van der Waals surface area contributed by atoms with Crippen molar-refractivity contribution in [1.82, 2.24) is 14.2 Å². The second-order valence-electron chi connectivity index (χ2n) is 11.7. The van der Waals surface area contributed by atoms with Crippen LogP contribution in [0.15, 0.2) is 94.8 Å². The number of hydrogen-bond acceptors (Lipinski definition) is 4. The van der Waals surface area contributed by atoms with Crippen LogP contribution in [-0.4, -0.2) is 27.0 Å². The lowest BCUT2D eigenvalue weighted by atomic mass is 9.96. The van der Waals surface area contributed by atoms with E-state index in [-0.39, 0.29) is 11.5 Å². The molecule has 0 spiro atoms. The highest BCUT2D eigenvalue weighted by Gasteiger charge is 2.19. The first-order valence-electron chi connectivity index (χ1n) is 15.2. The van der Waals surface area contributed by atoms with Gasteiger partial charge in [-0.25, -0.2) is 4.98 Å². The van der Waals surface area contributed by atoms with Gasteiger partial charge in [0.05, 0.1) is 23.7 Å². The van der Waals surface area contributed by atoms with Gasteiger partial charge in [0.15, 0.2) is 5.82 Å². The van der Waals surface area contributed by atoms with E-state index in [0.29, 0.717) is 23.3 Å². The van der Waals surface area contributed by atoms with Crippen LogP contribution in [0.25, 0.3) is 33.2 Å². The molecular formula is C38H38N4O2. The number of nitrogens with zero attached hydrogens (tertiary/aromatic N) is 4. The molecule has 0 bridgehead atoms. The van der Waals surface area contributed by atoms with E-state index in [1.165, 1.54) is 15.8 Å². The summed E-state index contributed by atoms with van der Waals surface area (Å²) in [6.45, 7) is 13.9. The summed E-state index contributed by atoms with van der Waals surface area (Å²) in [5.41, 5.74) is 8.99. The molecule has 0 N–H and O–H groups in total. The van der Waals surface area contributed by atoms with Gasteiger partial charge in [0.25, 0.3) is 5.56 Å². The Morgan fingerprint density at radius 3 is 2.41 bits per heavy atom. The van der Waals surface area contributed by atoms with Gasteiger partial charge in [0.2, 0.25) is 0 Å². The van der Waals surface area contributed by atoms with Gasteiger partial charge >= 0.3 is 0 Å². The molecule has 0 unspecified atom stereocenters. The first-order chi connectivity index (χ1) is 21.3. The lowest BCUT2D eigenvalue weighted by Crippen LogP contribution is -2.21. The molecule has 0 saturated carbocycles. The van der Waals surface area contributed by atoms with Crippen LogP contribution in [0.4, 0.5) is 0 Å². The number of aryl methyl sites for hydroxylation is 2. The van der Waals surface area contributed by atoms with Crippen molar-refractivity contribution in [3.63, 3.8) is 0 Å². The van der Waals surface area contributed by atoms with Crippen LogP contribution in [-0.2, 0) is 6.54 Å². The molecule has 44 heavy (non-hydrogen) atoms. The normalized spacial score (nSPS) is 11.8. The summed E-state index contributed by atoms with van der Waals surface area (Å²) in [7, 11) is 0. The van der Waals surface area contributed by atoms with Gasteiger partial charge in [-0.3, -0.25) is 4.79 Å². The molecule has 0 aliphatic carbocycles. The Balaban J connectivity index is 1.55. The molecule has 0 saturated heterocycles. The first-order valence-corrected chi connectivity index (χ1v) is 15.2. The number of fused-ring (bicyclic) bond motifs is 2. The minimum atomic E-state index is -0.206. The van der Waals surface area contributed by atoms with Gasteiger partial charge in [-0.2, -0.15) is 9.78 Å². The number of rotatable bonds is 8. The zero-order chi connectivity index (χ0) is 31.0. The van der Waals surface area contributed by atoms with Crippen LogP contribution < -0.4 is 10.3 Å². The van der Waals surface area contributed by atoms with E-state index in [0.717, 1.165) is 51.1 Å². The van der Waals surface area contributed by atoms with Crippen LogP contribution in [0.5, 0.6) is 5.75 Å². The number of hydrogen-bond donors (Lipinski definition) is 0. The Morgan fingerprint density at radius 1 is 0.909 bits per heavy atom. The Hall–Kier alpha value is -4.97. The summed E-state index contributed by atoms with van der Waals surface area (Å²) in [5.74, 6) is 1.59. The summed E-state index contributed by atoms with van der Waals surface area (Å²) in [6.07, 6.45) is 1.82. The predicted octanol–water partition coefficient (Wildman–Crippen LogP) is 8.40. The van der Waals surface area contributed by atoms with E-state index in [2.05, 4.69) is 80.8 Å². The molecule has 0 radical (unpaired) electrons.